The summed E-state index contributed by atoms with van der Waals surface area (Å²) in [7, 11) is 0. The molecule has 0 aliphatic heterocycles. The number of benzene rings is 1. The van der Waals surface area contributed by atoms with Crippen molar-refractivity contribution in [2.75, 3.05) is 0 Å². The quantitative estimate of drug-likeness (QED) is 0.690. The molecule has 0 aromatic heterocycles. The fraction of sp³-hybridized carbons (Fsp3) is 0.647. The lowest BCUT2D eigenvalue weighted by Crippen LogP contribution is -2.42. The van der Waals surface area contributed by atoms with Gasteiger partial charge in [-0.15, -0.1) is 13.2 Å². The van der Waals surface area contributed by atoms with E-state index < -0.39 is 6.36 Å². The van der Waals surface area contributed by atoms with Crippen molar-refractivity contribution in [1.82, 2.24) is 0 Å². The van der Waals surface area contributed by atoms with Crippen LogP contribution in [-0.2, 0) is 11.8 Å². The molecule has 3 rings (SSSR count). The molecule has 1 aromatic carbocycles. The fourth-order valence-corrected chi connectivity index (χ4v) is 4.63. The first-order chi connectivity index (χ1) is 9.62. The van der Waals surface area contributed by atoms with E-state index in [9.17, 15) is 13.2 Å². The maximum absolute atomic E-state index is 12.4. The second-order valence-corrected chi connectivity index (χ2v) is 7.38. The third-order valence-electron chi connectivity index (χ3n) is 5.58. The summed E-state index contributed by atoms with van der Waals surface area (Å²) in [6.07, 6.45) is -0.301. The Balaban J connectivity index is 2.00. The summed E-state index contributed by atoms with van der Waals surface area (Å²) < 4.78 is 41.4. The van der Waals surface area contributed by atoms with E-state index in [1.165, 1.54) is 18.1 Å². The molecular formula is C17H21F3O. The van der Waals surface area contributed by atoms with Gasteiger partial charge in [-0.3, -0.25) is 0 Å². The van der Waals surface area contributed by atoms with Gasteiger partial charge in [-0.1, -0.05) is 33.3 Å². The van der Waals surface area contributed by atoms with Gasteiger partial charge in [-0.2, -0.15) is 0 Å². The zero-order chi connectivity index (χ0) is 15.5. The standard InChI is InChI=1S/C17H21F3O/c1-15(2)7-4-8-16(3)13-10-12(21-17(18,19)20)6-5-11(13)9-14(15)16/h5-6,10,14H,4,7-9H2,1-3H3. The number of alkyl halides is 3. The van der Waals surface area contributed by atoms with Crippen molar-refractivity contribution in [2.45, 2.75) is 58.2 Å². The van der Waals surface area contributed by atoms with Crippen LogP contribution in [0, 0.1) is 11.3 Å². The maximum atomic E-state index is 12.4. The van der Waals surface area contributed by atoms with Crippen molar-refractivity contribution < 1.29 is 17.9 Å². The van der Waals surface area contributed by atoms with Crippen molar-refractivity contribution in [1.29, 1.82) is 0 Å². The fourth-order valence-electron chi connectivity index (χ4n) is 4.63. The molecular weight excluding hydrogens is 277 g/mol. The lowest BCUT2D eigenvalue weighted by molar-refractivity contribution is -0.274. The van der Waals surface area contributed by atoms with Crippen LogP contribution in [0.1, 0.15) is 51.2 Å². The summed E-state index contributed by atoms with van der Waals surface area (Å²) in [5.74, 6) is 0.404. The summed E-state index contributed by atoms with van der Waals surface area (Å²) >= 11 is 0. The van der Waals surface area contributed by atoms with Gasteiger partial charge in [0.2, 0.25) is 0 Å². The first kappa shape index (κ1) is 14.7. The van der Waals surface area contributed by atoms with Crippen LogP contribution in [-0.4, -0.2) is 6.36 Å². The predicted molar refractivity (Wildman–Crippen MR) is 75.3 cm³/mol. The van der Waals surface area contributed by atoms with Gasteiger partial charge in [0.15, 0.2) is 0 Å². The first-order valence-electron chi connectivity index (χ1n) is 7.51. The van der Waals surface area contributed by atoms with Gasteiger partial charge in [-0.25, -0.2) is 0 Å². The summed E-state index contributed by atoms with van der Waals surface area (Å²) in [6, 6.07) is 4.88. The molecule has 1 fully saturated rings. The lowest BCUT2D eigenvalue weighted by Gasteiger charge is -2.47. The van der Waals surface area contributed by atoms with E-state index in [2.05, 4.69) is 25.5 Å². The zero-order valence-corrected chi connectivity index (χ0v) is 12.7. The third kappa shape index (κ3) is 2.43. The third-order valence-corrected chi connectivity index (χ3v) is 5.58. The lowest BCUT2D eigenvalue weighted by atomic mass is 9.57. The molecule has 1 saturated carbocycles. The Morgan fingerprint density at radius 3 is 2.52 bits per heavy atom. The smallest absolute Gasteiger partial charge is 0.406 e. The van der Waals surface area contributed by atoms with E-state index in [0.29, 0.717) is 5.92 Å². The van der Waals surface area contributed by atoms with Crippen LogP contribution in [0.25, 0.3) is 0 Å². The van der Waals surface area contributed by atoms with Crippen LogP contribution in [0.5, 0.6) is 5.75 Å². The van der Waals surface area contributed by atoms with E-state index in [1.54, 1.807) is 6.07 Å². The zero-order valence-electron chi connectivity index (χ0n) is 12.7. The first-order valence-corrected chi connectivity index (χ1v) is 7.51. The number of ether oxygens (including phenoxy) is 1. The Kier molecular flexibility index (Phi) is 3.09. The van der Waals surface area contributed by atoms with Gasteiger partial charge in [0, 0.05) is 0 Å². The number of rotatable bonds is 1. The van der Waals surface area contributed by atoms with Gasteiger partial charge in [0.05, 0.1) is 0 Å². The molecule has 21 heavy (non-hydrogen) atoms. The predicted octanol–water partition coefficient (Wildman–Crippen LogP) is 5.23. The van der Waals surface area contributed by atoms with Crippen LogP contribution >= 0.6 is 0 Å². The van der Waals surface area contributed by atoms with Crippen molar-refractivity contribution in [3.63, 3.8) is 0 Å². The number of hydrogen-bond donors (Lipinski definition) is 0. The van der Waals surface area contributed by atoms with Crippen molar-refractivity contribution in [3.8, 4) is 5.75 Å². The minimum Gasteiger partial charge on any atom is -0.406 e. The van der Waals surface area contributed by atoms with Gasteiger partial charge < -0.3 is 4.74 Å². The molecule has 0 radical (unpaired) electrons. The molecule has 4 heteroatoms. The minimum absolute atomic E-state index is 0.0257. The van der Waals surface area contributed by atoms with Gasteiger partial charge in [0.25, 0.3) is 0 Å². The molecule has 1 nitrogen and oxygen atoms in total. The van der Waals surface area contributed by atoms with Gasteiger partial charge >= 0.3 is 6.36 Å². The number of hydrogen-bond acceptors (Lipinski definition) is 1. The molecule has 1 aromatic rings. The highest BCUT2D eigenvalue weighted by atomic mass is 19.4. The number of halogens is 3. The molecule has 0 heterocycles. The molecule has 0 bridgehead atoms. The average Bonchev–Trinajstić information content (AvgIpc) is 2.62. The van der Waals surface area contributed by atoms with E-state index >= 15 is 0 Å². The molecule has 2 atom stereocenters. The Bertz CT molecular complexity index is 562. The van der Waals surface area contributed by atoms with Crippen LogP contribution in [0.4, 0.5) is 13.2 Å². The van der Waals surface area contributed by atoms with Crippen molar-refractivity contribution in [3.05, 3.63) is 29.3 Å². The maximum Gasteiger partial charge on any atom is 0.573 e. The highest BCUT2D eigenvalue weighted by Crippen LogP contribution is 2.58. The minimum atomic E-state index is -4.63. The Morgan fingerprint density at radius 1 is 1.14 bits per heavy atom. The van der Waals surface area contributed by atoms with Crippen LogP contribution in [0.3, 0.4) is 0 Å². The Morgan fingerprint density at radius 2 is 1.86 bits per heavy atom. The largest absolute Gasteiger partial charge is 0.573 e. The summed E-state index contributed by atoms with van der Waals surface area (Å²) in [6.45, 7) is 6.78. The Hall–Kier alpha value is -1.19. The summed E-state index contributed by atoms with van der Waals surface area (Å²) in [5, 5.41) is 0. The van der Waals surface area contributed by atoms with Crippen molar-refractivity contribution >= 4 is 0 Å². The average molecular weight is 298 g/mol. The second kappa shape index (κ2) is 4.40. The second-order valence-electron chi connectivity index (χ2n) is 7.38. The highest BCUT2D eigenvalue weighted by Gasteiger charge is 2.51. The van der Waals surface area contributed by atoms with E-state index in [-0.39, 0.29) is 16.6 Å². The number of fused-ring (bicyclic) bond motifs is 3. The Labute approximate surface area is 123 Å². The molecule has 0 spiro atoms. The molecule has 2 aliphatic rings. The van der Waals surface area contributed by atoms with E-state index in [4.69, 9.17) is 0 Å². The van der Waals surface area contributed by atoms with Crippen LogP contribution in [0.2, 0.25) is 0 Å². The monoisotopic (exact) mass is 298 g/mol. The molecule has 116 valence electrons. The molecule has 0 amide bonds. The molecule has 0 N–H and O–H groups in total. The van der Waals surface area contributed by atoms with E-state index in [1.807, 2.05) is 6.07 Å². The normalized spacial score (nSPS) is 30.7. The highest BCUT2D eigenvalue weighted by molar-refractivity contribution is 5.46. The van der Waals surface area contributed by atoms with Gasteiger partial charge in [-0.05, 0) is 59.3 Å². The van der Waals surface area contributed by atoms with Crippen LogP contribution < -0.4 is 4.74 Å². The molecule has 2 aliphatic carbocycles. The SMILES string of the molecule is CC1(C)CCCC2(C)c3cc(OC(F)(F)F)ccc3CC12. The molecule has 0 saturated heterocycles. The summed E-state index contributed by atoms with van der Waals surface area (Å²) in [5.41, 5.74) is 2.45. The van der Waals surface area contributed by atoms with Crippen LogP contribution in [0.15, 0.2) is 18.2 Å². The molecule has 2 unspecified atom stereocenters. The van der Waals surface area contributed by atoms with Gasteiger partial charge in [0.1, 0.15) is 5.75 Å². The van der Waals surface area contributed by atoms with E-state index in [0.717, 1.165) is 24.8 Å². The van der Waals surface area contributed by atoms with Crippen molar-refractivity contribution in [2.24, 2.45) is 11.3 Å². The summed E-state index contributed by atoms with van der Waals surface area (Å²) in [4.78, 5) is 0. The topological polar surface area (TPSA) is 9.23 Å².